The molecule has 0 bridgehead atoms. The molecule has 0 aliphatic carbocycles. The average Bonchev–Trinajstić information content (AvgIpc) is 3.14. The zero-order valence-electron chi connectivity index (χ0n) is 14.9. The SMILES string of the molecule is Cc1ccc(C(=N)N(CCC(F)(F)F)C(=O)NCC(=N)C2=CCNC2)cc1. The molecule has 6 nitrogen and oxygen atoms in total. The number of urea groups is 1. The topological polar surface area (TPSA) is 92.1 Å². The predicted octanol–water partition coefficient (Wildman–Crippen LogP) is 2.83. The van der Waals surface area contributed by atoms with Crippen molar-refractivity contribution < 1.29 is 18.0 Å². The number of amidine groups is 1. The molecule has 0 saturated carbocycles. The van der Waals surface area contributed by atoms with E-state index in [0.717, 1.165) is 16.0 Å². The first-order valence-electron chi connectivity index (χ1n) is 8.42. The molecule has 1 aromatic carbocycles. The lowest BCUT2D eigenvalue weighted by atomic mass is 10.1. The third-order valence-electron chi connectivity index (χ3n) is 4.07. The molecule has 1 aromatic rings. The molecule has 2 amide bonds. The number of nitrogens with one attached hydrogen (secondary N) is 4. The molecule has 9 heteroatoms. The molecule has 1 aliphatic heterocycles. The normalized spacial score (nSPS) is 13.9. The molecule has 27 heavy (non-hydrogen) atoms. The molecule has 0 unspecified atom stereocenters. The van der Waals surface area contributed by atoms with Gasteiger partial charge in [0.2, 0.25) is 0 Å². The van der Waals surface area contributed by atoms with E-state index in [2.05, 4.69) is 10.6 Å². The van der Waals surface area contributed by atoms with E-state index >= 15 is 0 Å². The van der Waals surface area contributed by atoms with Crippen LogP contribution < -0.4 is 10.6 Å². The van der Waals surface area contributed by atoms with Crippen molar-refractivity contribution in [2.75, 3.05) is 26.2 Å². The highest BCUT2D eigenvalue weighted by atomic mass is 19.4. The van der Waals surface area contributed by atoms with Gasteiger partial charge in [-0.2, -0.15) is 13.2 Å². The van der Waals surface area contributed by atoms with Crippen LogP contribution in [0.2, 0.25) is 0 Å². The van der Waals surface area contributed by atoms with E-state index in [9.17, 15) is 18.0 Å². The quantitative estimate of drug-likeness (QED) is 0.451. The van der Waals surface area contributed by atoms with E-state index in [-0.39, 0.29) is 18.1 Å². The fourth-order valence-corrected chi connectivity index (χ4v) is 2.50. The van der Waals surface area contributed by atoms with Crippen LogP contribution in [0, 0.1) is 17.7 Å². The predicted molar refractivity (Wildman–Crippen MR) is 97.5 cm³/mol. The van der Waals surface area contributed by atoms with Gasteiger partial charge in [-0.05, 0) is 12.5 Å². The molecule has 4 N–H and O–H groups in total. The Kier molecular flexibility index (Phi) is 6.73. The summed E-state index contributed by atoms with van der Waals surface area (Å²) in [4.78, 5) is 13.2. The van der Waals surface area contributed by atoms with Crippen LogP contribution in [0.25, 0.3) is 0 Å². The standard InChI is InChI=1S/C18H22F3N5O/c1-12-2-4-13(5-3-12)16(23)26(9-7-18(19,20)21)17(27)25-11-15(22)14-6-8-24-10-14/h2-6,22-24H,7-11H2,1H3,(H,25,27). The molecule has 0 atom stereocenters. The second kappa shape index (κ2) is 8.81. The van der Waals surface area contributed by atoms with Crippen molar-refractivity contribution in [2.24, 2.45) is 0 Å². The number of carbonyl (C=O) groups is 1. The van der Waals surface area contributed by atoms with Crippen molar-refractivity contribution in [1.82, 2.24) is 15.5 Å². The summed E-state index contributed by atoms with van der Waals surface area (Å²) in [5.74, 6) is -0.315. The van der Waals surface area contributed by atoms with Crippen molar-refractivity contribution >= 4 is 17.6 Å². The number of hydrogen-bond donors (Lipinski definition) is 4. The van der Waals surface area contributed by atoms with E-state index in [4.69, 9.17) is 10.8 Å². The third kappa shape index (κ3) is 6.21. The number of rotatable bonds is 6. The number of nitrogens with zero attached hydrogens (tertiary/aromatic N) is 1. The van der Waals surface area contributed by atoms with Gasteiger partial charge in [-0.25, -0.2) is 4.79 Å². The first-order valence-corrected chi connectivity index (χ1v) is 8.42. The van der Waals surface area contributed by atoms with Gasteiger partial charge < -0.3 is 16.0 Å². The number of amides is 2. The number of hydrogen-bond acceptors (Lipinski definition) is 4. The molecule has 0 radical (unpaired) electrons. The van der Waals surface area contributed by atoms with Crippen molar-refractivity contribution in [3.8, 4) is 0 Å². The van der Waals surface area contributed by atoms with Crippen molar-refractivity contribution in [3.05, 3.63) is 47.0 Å². The molecule has 146 valence electrons. The highest BCUT2D eigenvalue weighted by Gasteiger charge is 2.30. The van der Waals surface area contributed by atoms with E-state index in [1.54, 1.807) is 24.3 Å². The van der Waals surface area contributed by atoms with Gasteiger partial charge in [-0.15, -0.1) is 0 Å². The Morgan fingerprint density at radius 1 is 1.26 bits per heavy atom. The number of aryl methyl sites for hydroxylation is 1. The molecule has 0 fully saturated rings. The fraction of sp³-hybridized carbons (Fsp3) is 0.389. The minimum absolute atomic E-state index is 0.115. The van der Waals surface area contributed by atoms with Crippen LogP contribution in [0.3, 0.4) is 0 Å². The van der Waals surface area contributed by atoms with Crippen LogP contribution >= 0.6 is 0 Å². The number of alkyl halides is 3. The summed E-state index contributed by atoms with van der Waals surface area (Å²) in [6.07, 6.45) is -3.84. The van der Waals surface area contributed by atoms with Gasteiger partial charge in [0.25, 0.3) is 0 Å². The maximum atomic E-state index is 12.6. The molecular weight excluding hydrogens is 359 g/mol. The van der Waals surface area contributed by atoms with Crippen LogP contribution in [0.4, 0.5) is 18.0 Å². The molecule has 0 saturated heterocycles. The Balaban J connectivity index is 2.07. The molecule has 1 heterocycles. The average molecular weight is 381 g/mol. The van der Waals surface area contributed by atoms with Crippen molar-refractivity contribution in [2.45, 2.75) is 19.5 Å². The summed E-state index contributed by atoms with van der Waals surface area (Å²) >= 11 is 0. The molecular formula is C18H22F3N5O. The Morgan fingerprint density at radius 2 is 1.93 bits per heavy atom. The van der Waals surface area contributed by atoms with Gasteiger partial charge in [0, 0.05) is 25.2 Å². The first kappa shape index (κ1) is 20.6. The molecule has 2 rings (SSSR count). The van der Waals surface area contributed by atoms with Gasteiger partial charge in [-0.3, -0.25) is 10.3 Å². The summed E-state index contributed by atoms with van der Waals surface area (Å²) in [6.45, 7) is 2.22. The Labute approximate surface area is 155 Å². The third-order valence-corrected chi connectivity index (χ3v) is 4.07. The maximum Gasteiger partial charge on any atom is 0.390 e. The monoisotopic (exact) mass is 381 g/mol. The minimum atomic E-state index is -4.45. The van der Waals surface area contributed by atoms with Crippen LogP contribution in [-0.4, -0.2) is 54.8 Å². The summed E-state index contributed by atoms with van der Waals surface area (Å²) in [6, 6.07) is 5.78. The summed E-state index contributed by atoms with van der Waals surface area (Å²) in [7, 11) is 0. The van der Waals surface area contributed by atoms with Crippen molar-refractivity contribution in [3.63, 3.8) is 0 Å². The van der Waals surface area contributed by atoms with Gasteiger partial charge in [0.1, 0.15) is 5.84 Å². The van der Waals surface area contributed by atoms with E-state index in [0.29, 0.717) is 18.7 Å². The van der Waals surface area contributed by atoms with Crippen LogP contribution in [-0.2, 0) is 0 Å². The highest BCUT2D eigenvalue weighted by molar-refractivity contribution is 6.07. The lowest BCUT2D eigenvalue weighted by Gasteiger charge is -2.24. The lowest BCUT2D eigenvalue weighted by Crippen LogP contribution is -2.46. The number of halogens is 3. The van der Waals surface area contributed by atoms with Crippen LogP contribution in [0.1, 0.15) is 17.5 Å². The largest absolute Gasteiger partial charge is 0.390 e. The Morgan fingerprint density at radius 3 is 2.48 bits per heavy atom. The summed E-state index contributed by atoms with van der Waals surface area (Å²) < 4.78 is 37.9. The first-order chi connectivity index (χ1) is 12.7. The summed E-state index contributed by atoms with van der Waals surface area (Å²) in [5, 5.41) is 21.6. The minimum Gasteiger partial charge on any atom is -0.332 e. The lowest BCUT2D eigenvalue weighted by molar-refractivity contribution is -0.135. The zero-order chi connectivity index (χ0) is 20.0. The highest BCUT2D eigenvalue weighted by Crippen LogP contribution is 2.20. The second-order valence-corrected chi connectivity index (χ2v) is 6.23. The zero-order valence-corrected chi connectivity index (χ0v) is 14.9. The molecule has 0 spiro atoms. The summed E-state index contributed by atoms with van der Waals surface area (Å²) in [5.41, 5.74) is 2.21. The van der Waals surface area contributed by atoms with E-state index in [1.807, 2.05) is 13.0 Å². The van der Waals surface area contributed by atoms with Crippen molar-refractivity contribution in [1.29, 1.82) is 10.8 Å². The Hall–Kier alpha value is -2.68. The fourth-order valence-electron chi connectivity index (χ4n) is 2.50. The maximum absolute atomic E-state index is 12.6. The van der Waals surface area contributed by atoms with Gasteiger partial charge in [0.05, 0.1) is 18.7 Å². The van der Waals surface area contributed by atoms with E-state index < -0.39 is 25.2 Å². The van der Waals surface area contributed by atoms with E-state index in [1.165, 1.54) is 0 Å². The van der Waals surface area contributed by atoms with Crippen LogP contribution in [0.5, 0.6) is 0 Å². The second-order valence-electron chi connectivity index (χ2n) is 6.23. The van der Waals surface area contributed by atoms with Gasteiger partial charge >= 0.3 is 12.2 Å². The van der Waals surface area contributed by atoms with Gasteiger partial charge in [0.15, 0.2) is 0 Å². The number of benzene rings is 1. The molecule has 0 aromatic heterocycles. The Bertz CT molecular complexity index is 740. The number of carbonyl (C=O) groups excluding carboxylic acids is 1. The van der Waals surface area contributed by atoms with Gasteiger partial charge in [-0.1, -0.05) is 35.9 Å². The van der Waals surface area contributed by atoms with Crippen LogP contribution in [0.15, 0.2) is 35.9 Å². The smallest absolute Gasteiger partial charge is 0.332 e. The molecule has 1 aliphatic rings.